The summed E-state index contributed by atoms with van der Waals surface area (Å²) in [5.74, 6) is 0.919. The van der Waals surface area contributed by atoms with Gasteiger partial charge in [-0.15, -0.1) is 0 Å². The van der Waals surface area contributed by atoms with Gasteiger partial charge in [-0.25, -0.2) is 4.79 Å². The van der Waals surface area contributed by atoms with E-state index in [0.29, 0.717) is 0 Å². The molecule has 1 aromatic heterocycles. The lowest BCUT2D eigenvalue weighted by Gasteiger charge is -2.18. The summed E-state index contributed by atoms with van der Waals surface area (Å²) in [6.45, 7) is 8.10. The van der Waals surface area contributed by atoms with Crippen LogP contribution in [-0.2, 0) is 13.5 Å². The number of aryl methyl sites for hydroxylation is 2. The molecule has 0 aliphatic rings. The van der Waals surface area contributed by atoms with E-state index < -0.39 is 0 Å². The van der Waals surface area contributed by atoms with E-state index in [-0.39, 0.29) is 18.1 Å². The minimum atomic E-state index is -0.0988. The molecule has 0 aliphatic carbocycles. The third-order valence-electron chi connectivity index (χ3n) is 3.34. The lowest BCUT2D eigenvalue weighted by Crippen LogP contribution is -2.45. The Bertz CT molecular complexity index is 458. The lowest BCUT2D eigenvalue weighted by molar-refractivity contribution is 0.235. The van der Waals surface area contributed by atoms with Crippen LogP contribution in [0.4, 0.5) is 4.79 Å². The molecule has 0 fully saturated rings. The van der Waals surface area contributed by atoms with Gasteiger partial charge >= 0.3 is 6.03 Å². The number of hydrogen-bond donors (Lipinski definition) is 2. The fourth-order valence-corrected chi connectivity index (χ4v) is 2.83. The zero-order valence-corrected chi connectivity index (χ0v) is 14.1. The first-order valence-electron chi connectivity index (χ1n) is 6.90. The van der Waals surface area contributed by atoms with Crippen molar-refractivity contribution in [1.29, 1.82) is 0 Å². The summed E-state index contributed by atoms with van der Waals surface area (Å²) >= 11 is 1.73. The van der Waals surface area contributed by atoms with Crippen molar-refractivity contribution in [3.63, 3.8) is 0 Å². The van der Waals surface area contributed by atoms with Crippen LogP contribution in [0.5, 0.6) is 0 Å². The van der Waals surface area contributed by atoms with Gasteiger partial charge in [0.15, 0.2) is 0 Å². The van der Waals surface area contributed by atoms with Crippen molar-refractivity contribution in [2.75, 3.05) is 12.0 Å². The maximum absolute atomic E-state index is 11.9. The van der Waals surface area contributed by atoms with Gasteiger partial charge in [-0.2, -0.15) is 16.9 Å². The summed E-state index contributed by atoms with van der Waals surface area (Å²) in [5.41, 5.74) is 3.42. The van der Waals surface area contributed by atoms with Gasteiger partial charge in [-0.1, -0.05) is 0 Å². The van der Waals surface area contributed by atoms with Crippen LogP contribution in [-0.4, -0.2) is 39.9 Å². The number of thioether (sulfide) groups is 1. The average Bonchev–Trinajstić information content (AvgIpc) is 2.55. The molecule has 6 heteroatoms. The van der Waals surface area contributed by atoms with Crippen molar-refractivity contribution in [1.82, 2.24) is 20.4 Å². The second kappa shape index (κ2) is 7.57. The monoisotopic (exact) mass is 298 g/mol. The molecule has 2 atom stereocenters. The molecule has 0 bridgehead atoms. The number of urea groups is 1. The number of amides is 2. The van der Waals surface area contributed by atoms with Gasteiger partial charge in [0.1, 0.15) is 0 Å². The highest BCUT2D eigenvalue weighted by molar-refractivity contribution is 7.98. The maximum Gasteiger partial charge on any atom is 0.315 e. The molecule has 2 amide bonds. The highest BCUT2D eigenvalue weighted by atomic mass is 32.2. The van der Waals surface area contributed by atoms with Crippen LogP contribution in [0.1, 0.15) is 30.8 Å². The van der Waals surface area contributed by atoms with Crippen LogP contribution in [0.2, 0.25) is 0 Å². The smallest absolute Gasteiger partial charge is 0.315 e. The second-order valence-electron chi connectivity index (χ2n) is 5.35. The van der Waals surface area contributed by atoms with E-state index >= 15 is 0 Å². The first-order valence-corrected chi connectivity index (χ1v) is 8.29. The molecule has 2 N–H and O–H groups in total. The largest absolute Gasteiger partial charge is 0.335 e. The predicted octanol–water partition coefficient (Wildman–Crippen LogP) is 2.02. The number of rotatable bonds is 6. The molecular weight excluding hydrogens is 272 g/mol. The van der Waals surface area contributed by atoms with Crippen LogP contribution in [0.3, 0.4) is 0 Å². The van der Waals surface area contributed by atoms with E-state index in [1.807, 2.05) is 38.8 Å². The van der Waals surface area contributed by atoms with Gasteiger partial charge in [0.2, 0.25) is 0 Å². The van der Waals surface area contributed by atoms with Gasteiger partial charge in [-0.3, -0.25) is 4.68 Å². The van der Waals surface area contributed by atoms with Crippen LogP contribution in [0.15, 0.2) is 0 Å². The zero-order chi connectivity index (χ0) is 15.3. The van der Waals surface area contributed by atoms with Gasteiger partial charge in [0.25, 0.3) is 0 Å². The minimum absolute atomic E-state index is 0.0816. The molecule has 0 spiro atoms. The Morgan fingerprint density at radius 2 is 1.90 bits per heavy atom. The predicted molar refractivity (Wildman–Crippen MR) is 85.4 cm³/mol. The van der Waals surface area contributed by atoms with Crippen molar-refractivity contribution >= 4 is 17.8 Å². The highest BCUT2D eigenvalue weighted by Crippen LogP contribution is 2.14. The number of hydrogen-bond acceptors (Lipinski definition) is 3. The molecule has 0 radical (unpaired) electrons. The zero-order valence-electron chi connectivity index (χ0n) is 13.3. The summed E-state index contributed by atoms with van der Waals surface area (Å²) in [7, 11) is 1.95. The molecule has 1 rings (SSSR count). The van der Waals surface area contributed by atoms with E-state index in [9.17, 15) is 4.79 Å². The topological polar surface area (TPSA) is 59.0 Å². The van der Waals surface area contributed by atoms with Crippen molar-refractivity contribution < 1.29 is 4.79 Å². The Balaban J connectivity index is 2.51. The number of aromatic nitrogens is 2. The highest BCUT2D eigenvalue weighted by Gasteiger charge is 2.15. The molecule has 114 valence electrons. The maximum atomic E-state index is 11.9. The van der Waals surface area contributed by atoms with Crippen molar-refractivity contribution in [2.45, 2.75) is 46.2 Å². The van der Waals surface area contributed by atoms with Crippen LogP contribution >= 0.6 is 11.8 Å². The van der Waals surface area contributed by atoms with Crippen LogP contribution in [0.25, 0.3) is 0 Å². The fraction of sp³-hybridized carbons (Fsp3) is 0.714. The first kappa shape index (κ1) is 16.9. The van der Waals surface area contributed by atoms with Crippen LogP contribution < -0.4 is 10.6 Å². The fourth-order valence-electron chi connectivity index (χ4n) is 2.25. The molecule has 1 heterocycles. The lowest BCUT2D eigenvalue weighted by atomic mass is 10.1. The SMILES string of the molecule is CSCC(C)NC(=O)NC(C)Cc1c(C)nn(C)c1C. The second-order valence-corrected chi connectivity index (χ2v) is 6.26. The van der Waals surface area contributed by atoms with E-state index in [1.165, 1.54) is 5.56 Å². The third kappa shape index (κ3) is 4.74. The van der Waals surface area contributed by atoms with E-state index in [1.54, 1.807) is 11.8 Å². The molecule has 5 nitrogen and oxygen atoms in total. The number of carbonyl (C=O) groups excluding carboxylic acids is 1. The van der Waals surface area contributed by atoms with Gasteiger partial charge in [0, 0.05) is 30.6 Å². The molecule has 1 aromatic rings. The van der Waals surface area contributed by atoms with Gasteiger partial charge in [0.05, 0.1) is 5.69 Å². The number of nitrogens with zero attached hydrogens (tertiary/aromatic N) is 2. The third-order valence-corrected chi connectivity index (χ3v) is 4.17. The first-order chi connectivity index (χ1) is 9.35. The normalized spacial score (nSPS) is 13.9. The van der Waals surface area contributed by atoms with Gasteiger partial charge in [-0.05, 0) is 45.9 Å². The summed E-state index contributed by atoms with van der Waals surface area (Å²) < 4.78 is 1.89. The molecule has 2 unspecified atom stereocenters. The van der Waals surface area contributed by atoms with E-state index in [4.69, 9.17) is 0 Å². The molecule has 20 heavy (non-hydrogen) atoms. The van der Waals surface area contributed by atoms with E-state index in [0.717, 1.165) is 23.6 Å². The Kier molecular flexibility index (Phi) is 6.39. The quantitative estimate of drug-likeness (QED) is 0.845. The number of nitrogens with one attached hydrogen (secondary N) is 2. The Labute approximate surface area is 125 Å². The Morgan fingerprint density at radius 3 is 2.40 bits per heavy atom. The summed E-state index contributed by atoms with van der Waals surface area (Å²) in [6, 6.07) is 0.162. The Hall–Kier alpha value is -1.17. The molecule has 0 saturated heterocycles. The summed E-state index contributed by atoms with van der Waals surface area (Å²) in [6.07, 6.45) is 2.84. The van der Waals surface area contributed by atoms with Crippen molar-refractivity contribution in [3.05, 3.63) is 17.0 Å². The molecule has 0 aliphatic heterocycles. The molecular formula is C14H26N4OS. The van der Waals surface area contributed by atoms with Gasteiger partial charge < -0.3 is 10.6 Å². The number of carbonyl (C=O) groups is 1. The standard InChI is InChI=1S/C14H26N4OS/c1-9(15-14(19)16-10(2)8-20-6)7-13-11(3)17-18(5)12(13)4/h9-10H,7-8H2,1-6H3,(H2,15,16,19). The Morgan fingerprint density at radius 1 is 1.30 bits per heavy atom. The summed E-state index contributed by atoms with van der Waals surface area (Å²) in [5, 5.41) is 10.3. The van der Waals surface area contributed by atoms with E-state index in [2.05, 4.69) is 22.7 Å². The van der Waals surface area contributed by atoms with Crippen molar-refractivity contribution in [2.24, 2.45) is 7.05 Å². The average molecular weight is 298 g/mol. The minimum Gasteiger partial charge on any atom is -0.335 e. The molecule has 0 aromatic carbocycles. The van der Waals surface area contributed by atoms with Crippen molar-refractivity contribution in [3.8, 4) is 0 Å². The summed E-state index contributed by atoms with van der Waals surface area (Å²) in [4.78, 5) is 11.9. The van der Waals surface area contributed by atoms with Crippen LogP contribution in [0, 0.1) is 13.8 Å². The molecule has 0 saturated carbocycles.